The van der Waals surface area contributed by atoms with E-state index in [2.05, 4.69) is 10.4 Å². The van der Waals surface area contributed by atoms with E-state index in [0.29, 0.717) is 12.0 Å². The first-order chi connectivity index (χ1) is 7.31. The van der Waals surface area contributed by atoms with Crippen molar-refractivity contribution in [3.63, 3.8) is 0 Å². The molecule has 3 nitrogen and oxygen atoms in total. The highest BCUT2D eigenvalue weighted by atomic mass is 32.1. The maximum absolute atomic E-state index is 6.06. The second kappa shape index (κ2) is 5.05. The zero-order valence-electron chi connectivity index (χ0n) is 9.11. The molecule has 84 valence electrons. The van der Waals surface area contributed by atoms with Gasteiger partial charge >= 0.3 is 0 Å². The van der Waals surface area contributed by atoms with Gasteiger partial charge in [0.15, 0.2) is 0 Å². The van der Waals surface area contributed by atoms with E-state index in [1.165, 1.54) is 23.5 Å². The van der Waals surface area contributed by atoms with Gasteiger partial charge in [0.2, 0.25) is 0 Å². The van der Waals surface area contributed by atoms with Gasteiger partial charge in [0.1, 0.15) is 0 Å². The van der Waals surface area contributed by atoms with E-state index < -0.39 is 0 Å². The fourth-order valence-electron chi connectivity index (χ4n) is 2.16. The Kier molecular flexibility index (Phi) is 3.72. The van der Waals surface area contributed by atoms with Crippen molar-refractivity contribution < 1.29 is 4.74 Å². The van der Waals surface area contributed by atoms with Crippen LogP contribution in [0.2, 0.25) is 0 Å². The molecule has 2 atom stereocenters. The largest absolute Gasteiger partial charge is 0.384 e. The number of aromatic nitrogens is 1. The summed E-state index contributed by atoms with van der Waals surface area (Å²) in [5.41, 5.74) is 7.27. The van der Waals surface area contributed by atoms with E-state index in [1.54, 1.807) is 18.4 Å². The van der Waals surface area contributed by atoms with E-state index >= 15 is 0 Å². The van der Waals surface area contributed by atoms with Gasteiger partial charge in [-0.15, -0.1) is 11.3 Å². The quantitative estimate of drug-likeness (QED) is 0.853. The lowest BCUT2D eigenvalue weighted by Crippen LogP contribution is -2.22. The lowest BCUT2D eigenvalue weighted by Gasteiger charge is -2.11. The first-order valence-corrected chi connectivity index (χ1v) is 6.38. The molecule has 2 unspecified atom stereocenters. The highest BCUT2D eigenvalue weighted by molar-refractivity contribution is 7.09. The van der Waals surface area contributed by atoms with Crippen LogP contribution >= 0.6 is 11.3 Å². The summed E-state index contributed by atoms with van der Waals surface area (Å²) in [4.78, 5) is 4.64. The number of hydrogen-bond donors (Lipinski definition) is 1. The molecule has 1 aromatic heterocycles. The van der Waals surface area contributed by atoms with Gasteiger partial charge in [-0.05, 0) is 12.8 Å². The summed E-state index contributed by atoms with van der Waals surface area (Å²) in [6, 6.07) is 0.322. The molecular weight excluding hydrogens is 208 g/mol. The average Bonchev–Trinajstić information content (AvgIpc) is 2.83. The Bertz CT molecular complexity index is 313. The monoisotopic (exact) mass is 226 g/mol. The molecular formula is C11H18N2OS. The number of ether oxygens (including phenoxy) is 1. The SMILES string of the molecule is COCCc1nc(C2CCCC2N)cs1. The third-order valence-electron chi connectivity index (χ3n) is 3.04. The fourth-order valence-corrected chi connectivity index (χ4v) is 3.00. The third kappa shape index (κ3) is 2.56. The van der Waals surface area contributed by atoms with E-state index in [4.69, 9.17) is 10.5 Å². The van der Waals surface area contributed by atoms with Gasteiger partial charge < -0.3 is 10.5 Å². The number of nitrogens with zero attached hydrogens (tertiary/aromatic N) is 1. The van der Waals surface area contributed by atoms with Gasteiger partial charge in [0.25, 0.3) is 0 Å². The van der Waals surface area contributed by atoms with Crippen LogP contribution < -0.4 is 5.73 Å². The maximum Gasteiger partial charge on any atom is 0.0951 e. The van der Waals surface area contributed by atoms with E-state index in [9.17, 15) is 0 Å². The van der Waals surface area contributed by atoms with Crippen molar-refractivity contribution in [2.45, 2.75) is 37.6 Å². The van der Waals surface area contributed by atoms with Gasteiger partial charge in [-0.1, -0.05) is 6.42 Å². The zero-order chi connectivity index (χ0) is 10.7. The van der Waals surface area contributed by atoms with Crippen molar-refractivity contribution >= 4 is 11.3 Å². The molecule has 0 amide bonds. The summed E-state index contributed by atoms with van der Waals surface area (Å²) >= 11 is 1.73. The number of nitrogens with two attached hydrogens (primary N) is 1. The average molecular weight is 226 g/mol. The van der Waals surface area contributed by atoms with Gasteiger partial charge in [-0.2, -0.15) is 0 Å². The first kappa shape index (κ1) is 11.0. The summed E-state index contributed by atoms with van der Waals surface area (Å²) in [5, 5.41) is 3.34. The van der Waals surface area contributed by atoms with Gasteiger partial charge in [-0.3, -0.25) is 0 Å². The Morgan fingerprint density at radius 2 is 2.47 bits per heavy atom. The number of methoxy groups -OCH3 is 1. The fraction of sp³-hybridized carbons (Fsp3) is 0.727. The second-order valence-electron chi connectivity index (χ2n) is 4.11. The molecule has 1 saturated carbocycles. The lowest BCUT2D eigenvalue weighted by molar-refractivity contribution is 0.202. The summed E-state index contributed by atoms with van der Waals surface area (Å²) in [5.74, 6) is 0.498. The molecule has 0 radical (unpaired) electrons. The molecule has 1 aromatic rings. The van der Waals surface area contributed by atoms with Crippen LogP contribution in [0.3, 0.4) is 0 Å². The van der Waals surface area contributed by atoms with E-state index in [-0.39, 0.29) is 0 Å². The smallest absolute Gasteiger partial charge is 0.0951 e. The summed E-state index contributed by atoms with van der Waals surface area (Å²) in [7, 11) is 1.72. The Morgan fingerprint density at radius 3 is 3.13 bits per heavy atom. The van der Waals surface area contributed by atoms with Crippen molar-refractivity contribution in [2.24, 2.45) is 5.73 Å². The Morgan fingerprint density at radius 1 is 1.60 bits per heavy atom. The zero-order valence-corrected chi connectivity index (χ0v) is 9.93. The van der Waals surface area contributed by atoms with Crippen LogP contribution in [-0.4, -0.2) is 24.7 Å². The van der Waals surface area contributed by atoms with Crippen LogP contribution in [0.25, 0.3) is 0 Å². The highest BCUT2D eigenvalue weighted by Crippen LogP contribution is 2.33. The topological polar surface area (TPSA) is 48.1 Å². The van der Waals surface area contributed by atoms with Crippen LogP contribution in [0, 0.1) is 0 Å². The standard InChI is InChI=1S/C11H18N2OS/c1-14-6-5-11-13-10(7-15-11)8-3-2-4-9(8)12/h7-9H,2-6,12H2,1H3. The van der Waals surface area contributed by atoms with Crippen LogP contribution in [0.5, 0.6) is 0 Å². The molecule has 2 N–H and O–H groups in total. The third-order valence-corrected chi connectivity index (χ3v) is 3.97. The predicted molar refractivity (Wildman–Crippen MR) is 62.3 cm³/mol. The van der Waals surface area contributed by atoms with Crippen LogP contribution in [0.15, 0.2) is 5.38 Å². The lowest BCUT2D eigenvalue weighted by atomic mass is 10.0. The molecule has 1 fully saturated rings. The van der Waals surface area contributed by atoms with Gasteiger partial charge in [0.05, 0.1) is 17.3 Å². The predicted octanol–water partition coefficient (Wildman–Crippen LogP) is 1.93. The summed E-state index contributed by atoms with van der Waals surface area (Å²) in [6.45, 7) is 0.754. The molecule has 1 aliphatic carbocycles. The Balaban J connectivity index is 1.99. The Labute approximate surface area is 94.7 Å². The van der Waals surface area contributed by atoms with Crippen LogP contribution in [-0.2, 0) is 11.2 Å². The minimum Gasteiger partial charge on any atom is -0.384 e. The minimum absolute atomic E-state index is 0.322. The van der Waals surface area contributed by atoms with Crippen molar-refractivity contribution in [3.8, 4) is 0 Å². The van der Waals surface area contributed by atoms with Gasteiger partial charge in [-0.25, -0.2) is 4.98 Å². The molecule has 2 rings (SSSR count). The summed E-state index contributed by atoms with van der Waals surface area (Å²) < 4.78 is 5.04. The molecule has 0 aromatic carbocycles. The number of rotatable bonds is 4. The van der Waals surface area contributed by atoms with Crippen molar-refractivity contribution in [2.75, 3.05) is 13.7 Å². The van der Waals surface area contributed by atoms with Crippen molar-refractivity contribution in [3.05, 3.63) is 16.1 Å². The van der Waals surface area contributed by atoms with Gasteiger partial charge in [0, 0.05) is 30.9 Å². The van der Waals surface area contributed by atoms with E-state index in [1.807, 2.05) is 0 Å². The van der Waals surface area contributed by atoms with Crippen LogP contribution in [0.4, 0.5) is 0 Å². The minimum atomic E-state index is 0.322. The van der Waals surface area contributed by atoms with Crippen LogP contribution in [0.1, 0.15) is 35.9 Å². The molecule has 15 heavy (non-hydrogen) atoms. The number of thiazole rings is 1. The summed E-state index contributed by atoms with van der Waals surface area (Å²) in [6.07, 6.45) is 4.52. The maximum atomic E-state index is 6.06. The molecule has 0 bridgehead atoms. The van der Waals surface area contributed by atoms with Crippen molar-refractivity contribution in [1.82, 2.24) is 4.98 Å². The van der Waals surface area contributed by atoms with E-state index in [0.717, 1.165) is 19.4 Å². The second-order valence-corrected chi connectivity index (χ2v) is 5.05. The molecule has 1 aliphatic rings. The highest BCUT2D eigenvalue weighted by Gasteiger charge is 2.27. The molecule has 0 spiro atoms. The normalized spacial score (nSPS) is 26.0. The van der Waals surface area contributed by atoms with Crippen molar-refractivity contribution in [1.29, 1.82) is 0 Å². The molecule has 1 heterocycles. The molecule has 0 saturated heterocycles. The Hall–Kier alpha value is -0.450. The molecule has 0 aliphatic heterocycles. The first-order valence-electron chi connectivity index (χ1n) is 5.50. The number of hydrogen-bond acceptors (Lipinski definition) is 4. The molecule has 4 heteroatoms.